The van der Waals surface area contributed by atoms with E-state index in [4.69, 9.17) is 5.11 Å². The number of aliphatic carboxylic acids is 1. The van der Waals surface area contributed by atoms with Crippen LogP contribution in [0.3, 0.4) is 0 Å². The third-order valence-electron chi connectivity index (χ3n) is 3.24. The lowest BCUT2D eigenvalue weighted by Gasteiger charge is -2.24. The van der Waals surface area contributed by atoms with E-state index < -0.39 is 5.97 Å². The van der Waals surface area contributed by atoms with Crippen molar-refractivity contribution in [3.05, 3.63) is 0 Å². The SMILES string of the molecule is CCCN(CC(=O)O)C(=O)NC(CC)CC1CC1. The zero-order valence-corrected chi connectivity index (χ0v) is 11.3. The van der Waals surface area contributed by atoms with Crippen LogP contribution in [-0.2, 0) is 4.79 Å². The third-order valence-corrected chi connectivity index (χ3v) is 3.24. The number of carbonyl (C=O) groups is 2. The van der Waals surface area contributed by atoms with Crippen LogP contribution in [0.1, 0.15) is 46.0 Å². The third kappa shape index (κ3) is 5.38. The predicted molar refractivity (Wildman–Crippen MR) is 69.5 cm³/mol. The predicted octanol–water partition coefficient (Wildman–Crippen LogP) is 2.07. The Hall–Kier alpha value is -1.26. The highest BCUT2D eigenvalue weighted by Crippen LogP contribution is 2.34. The first-order valence-corrected chi connectivity index (χ1v) is 6.84. The Kier molecular flexibility index (Phi) is 5.95. The standard InChI is InChI=1S/C13H24N2O3/c1-3-7-15(9-12(16)17)13(18)14-11(4-2)8-10-5-6-10/h10-11H,3-9H2,1-2H3,(H,14,18)(H,16,17). The van der Waals surface area contributed by atoms with Crippen LogP contribution in [-0.4, -0.2) is 41.1 Å². The Morgan fingerprint density at radius 1 is 1.39 bits per heavy atom. The number of amides is 2. The lowest BCUT2D eigenvalue weighted by Crippen LogP contribution is -2.47. The van der Waals surface area contributed by atoms with Crippen LogP contribution in [0.15, 0.2) is 0 Å². The Morgan fingerprint density at radius 3 is 2.50 bits per heavy atom. The summed E-state index contributed by atoms with van der Waals surface area (Å²) in [5.74, 6) is -0.205. The topological polar surface area (TPSA) is 69.6 Å². The highest BCUT2D eigenvalue weighted by Gasteiger charge is 2.26. The van der Waals surface area contributed by atoms with Gasteiger partial charge in [-0.05, 0) is 25.2 Å². The van der Waals surface area contributed by atoms with Gasteiger partial charge in [0, 0.05) is 12.6 Å². The molecule has 0 aromatic heterocycles. The Morgan fingerprint density at radius 2 is 2.06 bits per heavy atom. The zero-order chi connectivity index (χ0) is 13.5. The van der Waals surface area contributed by atoms with Gasteiger partial charge in [-0.3, -0.25) is 4.79 Å². The Balaban J connectivity index is 2.43. The smallest absolute Gasteiger partial charge is 0.323 e. The van der Waals surface area contributed by atoms with Crippen molar-refractivity contribution in [3.63, 3.8) is 0 Å². The van der Waals surface area contributed by atoms with E-state index in [9.17, 15) is 9.59 Å². The number of nitrogens with zero attached hydrogens (tertiary/aromatic N) is 1. The average molecular weight is 256 g/mol. The number of hydrogen-bond donors (Lipinski definition) is 2. The molecule has 5 nitrogen and oxygen atoms in total. The van der Waals surface area contributed by atoms with E-state index in [1.165, 1.54) is 17.7 Å². The van der Waals surface area contributed by atoms with Crippen molar-refractivity contribution in [1.82, 2.24) is 10.2 Å². The van der Waals surface area contributed by atoms with Gasteiger partial charge in [-0.25, -0.2) is 4.79 Å². The lowest BCUT2D eigenvalue weighted by atomic mass is 10.1. The summed E-state index contributed by atoms with van der Waals surface area (Å²) < 4.78 is 0. The second-order valence-corrected chi connectivity index (χ2v) is 5.05. The number of carbonyl (C=O) groups excluding carboxylic acids is 1. The molecule has 1 aliphatic rings. The van der Waals surface area contributed by atoms with Gasteiger partial charge in [0.15, 0.2) is 0 Å². The van der Waals surface area contributed by atoms with Crippen LogP contribution in [0.2, 0.25) is 0 Å². The number of urea groups is 1. The fourth-order valence-corrected chi connectivity index (χ4v) is 2.04. The summed E-state index contributed by atoms with van der Waals surface area (Å²) >= 11 is 0. The summed E-state index contributed by atoms with van der Waals surface area (Å²) in [6.45, 7) is 4.25. The molecule has 0 radical (unpaired) electrons. The Labute approximate surface area is 109 Å². The van der Waals surface area contributed by atoms with Gasteiger partial charge < -0.3 is 15.3 Å². The molecular weight excluding hydrogens is 232 g/mol. The number of carboxylic acids is 1. The van der Waals surface area contributed by atoms with Gasteiger partial charge in [0.25, 0.3) is 0 Å². The monoisotopic (exact) mass is 256 g/mol. The van der Waals surface area contributed by atoms with Crippen molar-refractivity contribution >= 4 is 12.0 Å². The maximum absolute atomic E-state index is 12.0. The first kappa shape index (κ1) is 14.8. The van der Waals surface area contributed by atoms with Crippen molar-refractivity contribution in [2.45, 2.75) is 52.0 Å². The van der Waals surface area contributed by atoms with Gasteiger partial charge >= 0.3 is 12.0 Å². The Bertz CT molecular complexity index is 290. The molecule has 1 fully saturated rings. The molecule has 18 heavy (non-hydrogen) atoms. The second-order valence-electron chi connectivity index (χ2n) is 5.05. The van der Waals surface area contributed by atoms with Crippen LogP contribution in [0.5, 0.6) is 0 Å². The van der Waals surface area contributed by atoms with Crippen molar-refractivity contribution in [2.24, 2.45) is 5.92 Å². The van der Waals surface area contributed by atoms with Gasteiger partial charge in [-0.1, -0.05) is 26.7 Å². The lowest BCUT2D eigenvalue weighted by molar-refractivity contribution is -0.137. The van der Waals surface area contributed by atoms with Gasteiger partial charge in [0.1, 0.15) is 6.54 Å². The van der Waals surface area contributed by atoms with E-state index in [0.29, 0.717) is 6.54 Å². The number of hydrogen-bond acceptors (Lipinski definition) is 2. The molecule has 0 aromatic rings. The van der Waals surface area contributed by atoms with Crippen molar-refractivity contribution in [2.75, 3.05) is 13.1 Å². The minimum Gasteiger partial charge on any atom is -0.480 e. The molecule has 1 unspecified atom stereocenters. The average Bonchev–Trinajstić information content (AvgIpc) is 3.10. The second kappa shape index (κ2) is 7.24. The molecule has 1 aliphatic carbocycles. The van der Waals surface area contributed by atoms with Crippen LogP contribution in [0.4, 0.5) is 4.79 Å². The van der Waals surface area contributed by atoms with Crippen LogP contribution >= 0.6 is 0 Å². The van der Waals surface area contributed by atoms with Gasteiger partial charge in [0.2, 0.25) is 0 Å². The van der Waals surface area contributed by atoms with Crippen molar-refractivity contribution < 1.29 is 14.7 Å². The number of nitrogens with one attached hydrogen (secondary N) is 1. The van der Waals surface area contributed by atoms with Crippen molar-refractivity contribution in [3.8, 4) is 0 Å². The largest absolute Gasteiger partial charge is 0.480 e. The van der Waals surface area contributed by atoms with Crippen LogP contribution in [0, 0.1) is 5.92 Å². The summed E-state index contributed by atoms with van der Waals surface area (Å²) in [4.78, 5) is 24.1. The molecular formula is C13H24N2O3. The van der Waals surface area contributed by atoms with E-state index >= 15 is 0 Å². The molecule has 0 saturated heterocycles. The zero-order valence-electron chi connectivity index (χ0n) is 11.3. The molecule has 0 spiro atoms. The molecule has 0 aromatic carbocycles. The van der Waals surface area contributed by atoms with Crippen molar-refractivity contribution in [1.29, 1.82) is 0 Å². The summed E-state index contributed by atoms with van der Waals surface area (Å²) in [5, 5.41) is 11.7. The molecule has 1 saturated carbocycles. The van der Waals surface area contributed by atoms with Gasteiger partial charge in [-0.15, -0.1) is 0 Å². The van der Waals surface area contributed by atoms with E-state index in [0.717, 1.165) is 25.2 Å². The highest BCUT2D eigenvalue weighted by molar-refractivity contribution is 5.80. The quantitative estimate of drug-likeness (QED) is 0.698. The fourth-order valence-electron chi connectivity index (χ4n) is 2.04. The molecule has 1 atom stereocenters. The summed E-state index contributed by atoms with van der Waals surface area (Å²) in [5.41, 5.74) is 0. The summed E-state index contributed by atoms with van der Waals surface area (Å²) in [6.07, 6.45) is 5.21. The minimum absolute atomic E-state index is 0.179. The van der Waals surface area contributed by atoms with E-state index in [2.05, 4.69) is 12.2 Å². The number of rotatable bonds is 8. The maximum atomic E-state index is 12.0. The summed E-state index contributed by atoms with van der Waals surface area (Å²) in [6, 6.07) is -0.0649. The van der Waals surface area contributed by atoms with E-state index in [1.54, 1.807) is 0 Å². The van der Waals surface area contributed by atoms with Gasteiger partial charge in [-0.2, -0.15) is 0 Å². The molecule has 0 heterocycles. The molecule has 104 valence electrons. The first-order chi connectivity index (χ1) is 8.56. The maximum Gasteiger partial charge on any atom is 0.323 e. The molecule has 5 heteroatoms. The molecule has 2 N–H and O–H groups in total. The molecule has 1 rings (SSSR count). The van der Waals surface area contributed by atoms with Crippen LogP contribution < -0.4 is 5.32 Å². The molecule has 0 bridgehead atoms. The highest BCUT2D eigenvalue weighted by atomic mass is 16.4. The molecule has 2 amide bonds. The normalized spacial score (nSPS) is 16.1. The van der Waals surface area contributed by atoms with Crippen LogP contribution in [0.25, 0.3) is 0 Å². The number of carboxylic acid groups (broad SMARTS) is 1. The minimum atomic E-state index is -0.964. The molecule has 0 aliphatic heterocycles. The van der Waals surface area contributed by atoms with E-state index in [-0.39, 0.29) is 18.6 Å². The van der Waals surface area contributed by atoms with Gasteiger partial charge in [0.05, 0.1) is 0 Å². The summed E-state index contributed by atoms with van der Waals surface area (Å²) in [7, 11) is 0. The fraction of sp³-hybridized carbons (Fsp3) is 0.846. The van der Waals surface area contributed by atoms with E-state index in [1.807, 2.05) is 6.92 Å². The first-order valence-electron chi connectivity index (χ1n) is 6.84.